The van der Waals surface area contributed by atoms with E-state index in [1.807, 2.05) is 11.8 Å². The zero-order valence-corrected chi connectivity index (χ0v) is 12.2. The number of nitrogens with zero attached hydrogens (tertiary/aromatic N) is 2. The van der Waals surface area contributed by atoms with Gasteiger partial charge in [-0.25, -0.2) is 4.79 Å². The highest BCUT2D eigenvalue weighted by atomic mass is 16.5. The van der Waals surface area contributed by atoms with Crippen molar-refractivity contribution in [3.8, 4) is 0 Å². The van der Waals surface area contributed by atoms with Gasteiger partial charge in [-0.05, 0) is 25.2 Å². The molecule has 1 aliphatic carbocycles. The number of amides is 2. The maximum atomic E-state index is 12.6. The zero-order chi connectivity index (χ0) is 14.7. The largest absolute Gasteiger partial charge is 0.481 e. The summed E-state index contributed by atoms with van der Waals surface area (Å²) in [4.78, 5) is 27.2. The summed E-state index contributed by atoms with van der Waals surface area (Å²) in [7, 11) is 1.69. The summed E-state index contributed by atoms with van der Waals surface area (Å²) in [5.41, 5.74) is 0. The molecule has 1 N–H and O–H groups in total. The Labute approximate surface area is 119 Å². The lowest BCUT2D eigenvalue weighted by molar-refractivity contribution is -0.142. The van der Waals surface area contributed by atoms with E-state index in [1.165, 1.54) is 12.8 Å². The Kier molecular flexibility index (Phi) is 4.86. The Balaban J connectivity index is 1.99. The topological polar surface area (TPSA) is 70.1 Å². The molecule has 2 unspecified atom stereocenters. The summed E-state index contributed by atoms with van der Waals surface area (Å²) < 4.78 is 5.24. The molecule has 0 aromatic heterocycles. The number of carbonyl (C=O) groups is 2. The van der Waals surface area contributed by atoms with Gasteiger partial charge in [-0.2, -0.15) is 0 Å². The molecule has 1 saturated carbocycles. The van der Waals surface area contributed by atoms with Gasteiger partial charge < -0.3 is 19.6 Å². The van der Waals surface area contributed by atoms with Crippen LogP contribution in [0.4, 0.5) is 4.79 Å². The molecule has 1 aliphatic heterocycles. The number of hydrogen-bond donors (Lipinski definition) is 1. The van der Waals surface area contributed by atoms with Crippen LogP contribution in [0.3, 0.4) is 0 Å². The molecular weight excluding hydrogens is 260 g/mol. The third kappa shape index (κ3) is 3.42. The Hall–Kier alpha value is -1.30. The molecule has 2 aliphatic rings. The van der Waals surface area contributed by atoms with E-state index >= 15 is 0 Å². The Morgan fingerprint density at radius 2 is 2.00 bits per heavy atom. The molecule has 114 valence electrons. The van der Waals surface area contributed by atoms with Gasteiger partial charge in [-0.3, -0.25) is 4.79 Å². The summed E-state index contributed by atoms with van der Waals surface area (Å²) in [6.45, 7) is 4.07. The second-order valence-corrected chi connectivity index (χ2v) is 5.83. The van der Waals surface area contributed by atoms with Gasteiger partial charge in [0.2, 0.25) is 0 Å². The van der Waals surface area contributed by atoms with Crippen LogP contribution in [0.2, 0.25) is 0 Å². The van der Waals surface area contributed by atoms with Gasteiger partial charge in [-0.15, -0.1) is 0 Å². The number of ether oxygens (including phenoxy) is 1. The highest BCUT2D eigenvalue weighted by Gasteiger charge is 2.40. The molecule has 6 nitrogen and oxygen atoms in total. The van der Waals surface area contributed by atoms with Crippen molar-refractivity contribution in [2.75, 3.05) is 33.4 Å². The molecule has 20 heavy (non-hydrogen) atoms. The minimum atomic E-state index is -0.892. The predicted octanol–water partition coefficient (Wildman–Crippen LogP) is 1.26. The quantitative estimate of drug-likeness (QED) is 0.797. The van der Waals surface area contributed by atoms with Gasteiger partial charge >= 0.3 is 12.0 Å². The normalized spacial score (nSPS) is 25.5. The number of likely N-dealkylation sites (N-methyl/N-ethyl adjacent to an activating group) is 1. The second-order valence-electron chi connectivity index (χ2n) is 5.83. The SMILES string of the molecule is CCCN(CC1CC1)C(=O)N(C)C1COCC1C(=O)O. The van der Waals surface area contributed by atoms with Crippen molar-refractivity contribution >= 4 is 12.0 Å². The summed E-state index contributed by atoms with van der Waals surface area (Å²) in [6.07, 6.45) is 3.30. The van der Waals surface area contributed by atoms with E-state index in [2.05, 4.69) is 0 Å². The molecule has 2 rings (SSSR count). The van der Waals surface area contributed by atoms with E-state index in [9.17, 15) is 14.7 Å². The van der Waals surface area contributed by atoms with Crippen molar-refractivity contribution in [3.63, 3.8) is 0 Å². The van der Waals surface area contributed by atoms with Crippen LogP contribution in [0.25, 0.3) is 0 Å². The van der Waals surface area contributed by atoms with Crippen LogP contribution in [0, 0.1) is 11.8 Å². The van der Waals surface area contributed by atoms with Crippen LogP contribution in [0.1, 0.15) is 26.2 Å². The number of hydrogen-bond acceptors (Lipinski definition) is 3. The first-order chi connectivity index (χ1) is 9.54. The molecule has 2 amide bonds. The Morgan fingerprint density at radius 3 is 2.55 bits per heavy atom. The van der Waals surface area contributed by atoms with Crippen molar-refractivity contribution in [3.05, 3.63) is 0 Å². The summed E-state index contributed by atoms with van der Waals surface area (Å²) in [6, 6.07) is -0.431. The number of carboxylic acids is 1. The number of carbonyl (C=O) groups excluding carboxylic acids is 1. The average molecular weight is 284 g/mol. The molecule has 1 heterocycles. The molecule has 1 saturated heterocycles. The van der Waals surface area contributed by atoms with E-state index in [0.29, 0.717) is 12.5 Å². The average Bonchev–Trinajstić information content (AvgIpc) is 3.09. The van der Waals surface area contributed by atoms with Crippen LogP contribution in [-0.4, -0.2) is 66.3 Å². The number of rotatable bonds is 6. The van der Waals surface area contributed by atoms with Crippen LogP contribution >= 0.6 is 0 Å². The minimum absolute atomic E-state index is 0.0690. The smallest absolute Gasteiger partial charge is 0.320 e. The number of urea groups is 1. The van der Waals surface area contributed by atoms with Gasteiger partial charge in [0.05, 0.1) is 19.3 Å². The molecule has 0 bridgehead atoms. The molecule has 0 aromatic rings. The van der Waals surface area contributed by atoms with Crippen molar-refractivity contribution in [2.45, 2.75) is 32.2 Å². The molecule has 2 atom stereocenters. The van der Waals surface area contributed by atoms with E-state index < -0.39 is 11.9 Å². The molecule has 0 radical (unpaired) electrons. The molecule has 0 aromatic carbocycles. The van der Waals surface area contributed by atoms with Gasteiger partial charge in [-0.1, -0.05) is 6.92 Å². The lowest BCUT2D eigenvalue weighted by Gasteiger charge is -2.32. The third-order valence-corrected chi connectivity index (χ3v) is 4.11. The highest BCUT2D eigenvalue weighted by Crippen LogP contribution is 2.30. The van der Waals surface area contributed by atoms with Crippen molar-refractivity contribution < 1.29 is 19.4 Å². The lowest BCUT2D eigenvalue weighted by atomic mass is 10.0. The number of carboxylic acid groups (broad SMARTS) is 1. The molecular formula is C14H24N2O4. The van der Waals surface area contributed by atoms with Crippen LogP contribution < -0.4 is 0 Å². The minimum Gasteiger partial charge on any atom is -0.481 e. The van der Waals surface area contributed by atoms with Gasteiger partial charge in [0, 0.05) is 20.1 Å². The first-order valence-corrected chi connectivity index (χ1v) is 7.36. The van der Waals surface area contributed by atoms with Crippen molar-refractivity contribution in [1.29, 1.82) is 0 Å². The first kappa shape index (κ1) is 15.1. The fraction of sp³-hybridized carbons (Fsp3) is 0.857. The van der Waals surface area contributed by atoms with Gasteiger partial charge in [0.25, 0.3) is 0 Å². The highest BCUT2D eigenvalue weighted by molar-refractivity contribution is 5.77. The van der Waals surface area contributed by atoms with E-state index in [-0.39, 0.29) is 18.7 Å². The second kappa shape index (κ2) is 6.43. The number of aliphatic carboxylic acids is 1. The van der Waals surface area contributed by atoms with Gasteiger partial charge in [0.1, 0.15) is 5.92 Å². The standard InChI is InChI=1S/C14H24N2O4/c1-3-6-16(7-10-4-5-10)14(19)15(2)12-9-20-8-11(12)13(17)18/h10-12H,3-9H2,1-2H3,(H,17,18). The fourth-order valence-corrected chi connectivity index (χ4v) is 2.67. The maximum Gasteiger partial charge on any atom is 0.320 e. The van der Waals surface area contributed by atoms with Gasteiger partial charge in [0.15, 0.2) is 0 Å². The fourth-order valence-electron chi connectivity index (χ4n) is 2.67. The zero-order valence-electron chi connectivity index (χ0n) is 12.2. The Morgan fingerprint density at radius 1 is 1.30 bits per heavy atom. The van der Waals surface area contributed by atoms with Crippen LogP contribution in [-0.2, 0) is 9.53 Å². The van der Waals surface area contributed by atoms with Crippen molar-refractivity contribution in [1.82, 2.24) is 9.80 Å². The Bertz CT molecular complexity index is 370. The summed E-state index contributed by atoms with van der Waals surface area (Å²) in [5.74, 6) is -0.876. The molecule has 0 spiro atoms. The molecule has 6 heteroatoms. The summed E-state index contributed by atoms with van der Waals surface area (Å²) in [5, 5.41) is 9.18. The molecule has 2 fully saturated rings. The summed E-state index contributed by atoms with van der Waals surface area (Å²) >= 11 is 0. The van der Waals surface area contributed by atoms with Crippen LogP contribution in [0.15, 0.2) is 0 Å². The maximum absolute atomic E-state index is 12.6. The third-order valence-electron chi connectivity index (χ3n) is 4.11. The predicted molar refractivity (Wildman–Crippen MR) is 73.5 cm³/mol. The monoisotopic (exact) mass is 284 g/mol. The lowest BCUT2D eigenvalue weighted by Crippen LogP contribution is -2.50. The van der Waals surface area contributed by atoms with E-state index in [1.54, 1.807) is 11.9 Å². The van der Waals surface area contributed by atoms with E-state index in [0.717, 1.165) is 19.5 Å². The van der Waals surface area contributed by atoms with E-state index in [4.69, 9.17) is 4.74 Å². The van der Waals surface area contributed by atoms with Crippen molar-refractivity contribution in [2.24, 2.45) is 11.8 Å². The first-order valence-electron chi connectivity index (χ1n) is 7.36. The van der Waals surface area contributed by atoms with Crippen LogP contribution in [0.5, 0.6) is 0 Å².